The Morgan fingerprint density at radius 3 is 2.64 bits per heavy atom. The number of likely N-dealkylation sites (tertiary alicyclic amines) is 1. The summed E-state index contributed by atoms with van der Waals surface area (Å²) in [7, 11) is 0. The third-order valence-corrected chi connectivity index (χ3v) is 5.26. The molecule has 0 saturated carbocycles. The van der Waals surface area contributed by atoms with E-state index < -0.39 is 22.8 Å². The van der Waals surface area contributed by atoms with Crippen LogP contribution in [-0.2, 0) is 17.6 Å². The largest absolute Gasteiger partial charge is 0.396 e. The Morgan fingerprint density at radius 1 is 1.29 bits per heavy atom. The van der Waals surface area contributed by atoms with Crippen LogP contribution in [0, 0.1) is 11.2 Å². The molecular weight excluding hydrogens is 369 g/mol. The van der Waals surface area contributed by atoms with E-state index in [9.17, 15) is 29.0 Å². The minimum absolute atomic E-state index is 0.0993. The molecule has 1 amide bonds. The molecule has 1 aliphatic heterocycles. The van der Waals surface area contributed by atoms with Crippen molar-refractivity contribution in [1.29, 1.82) is 0 Å². The normalized spacial score (nSPS) is 22.2. The summed E-state index contributed by atoms with van der Waals surface area (Å²) in [6.45, 7) is 0.0309. The molecule has 1 aromatic carbocycles. The molecule has 0 radical (unpaired) electrons. The fourth-order valence-corrected chi connectivity index (χ4v) is 3.60. The summed E-state index contributed by atoms with van der Waals surface area (Å²) in [4.78, 5) is 41.5. The zero-order valence-corrected chi connectivity index (χ0v) is 15.2. The van der Waals surface area contributed by atoms with Crippen molar-refractivity contribution in [2.45, 2.75) is 25.4 Å². The minimum atomic E-state index is -0.983. The van der Waals surface area contributed by atoms with Crippen LogP contribution in [-0.4, -0.2) is 56.8 Å². The number of hydrogen-bond donors (Lipinski definition) is 4. The number of aromatic nitrogens is 2. The maximum Gasteiger partial charge on any atom is 0.325 e. The van der Waals surface area contributed by atoms with Crippen LogP contribution >= 0.6 is 0 Å². The topological polar surface area (TPSA) is 126 Å². The van der Waals surface area contributed by atoms with Crippen molar-refractivity contribution >= 4 is 5.91 Å². The van der Waals surface area contributed by atoms with E-state index in [4.69, 9.17) is 0 Å². The van der Waals surface area contributed by atoms with Gasteiger partial charge in [0.1, 0.15) is 5.82 Å². The highest BCUT2D eigenvalue weighted by Crippen LogP contribution is 2.34. The number of amides is 1. The van der Waals surface area contributed by atoms with Crippen molar-refractivity contribution in [3.8, 4) is 0 Å². The molecule has 3 rings (SSSR count). The van der Waals surface area contributed by atoms with E-state index >= 15 is 0 Å². The zero-order valence-electron chi connectivity index (χ0n) is 15.2. The van der Waals surface area contributed by atoms with Crippen molar-refractivity contribution in [3.63, 3.8) is 0 Å². The van der Waals surface area contributed by atoms with Crippen molar-refractivity contribution < 1.29 is 19.4 Å². The fraction of sp³-hybridized carbons (Fsp3) is 0.421. The van der Waals surface area contributed by atoms with Gasteiger partial charge in [0.2, 0.25) is 5.91 Å². The second-order valence-electron chi connectivity index (χ2n) is 7.22. The zero-order chi connectivity index (χ0) is 20.3. The van der Waals surface area contributed by atoms with Gasteiger partial charge in [-0.1, -0.05) is 12.1 Å². The number of aliphatic hydroxyl groups is 2. The maximum absolute atomic E-state index is 13.1. The molecule has 0 aliphatic carbocycles. The number of rotatable bonds is 5. The third kappa shape index (κ3) is 4.20. The average molecular weight is 391 g/mol. The molecule has 1 aromatic heterocycles. The number of carbonyl (C=O) groups is 1. The van der Waals surface area contributed by atoms with Crippen molar-refractivity contribution in [3.05, 3.63) is 68.2 Å². The molecule has 1 aliphatic rings. The molecule has 28 heavy (non-hydrogen) atoms. The number of piperidine rings is 1. The van der Waals surface area contributed by atoms with Crippen molar-refractivity contribution in [1.82, 2.24) is 14.9 Å². The Hall–Kier alpha value is -2.78. The van der Waals surface area contributed by atoms with Crippen LogP contribution in [0.2, 0.25) is 0 Å². The second-order valence-corrected chi connectivity index (χ2v) is 7.22. The Bertz CT molecular complexity index is 955. The summed E-state index contributed by atoms with van der Waals surface area (Å²) >= 11 is 0. The number of benzene rings is 1. The first kappa shape index (κ1) is 20.0. The van der Waals surface area contributed by atoms with Gasteiger partial charge in [0.05, 0.1) is 19.1 Å². The van der Waals surface area contributed by atoms with Gasteiger partial charge in [-0.2, -0.15) is 0 Å². The van der Waals surface area contributed by atoms with Gasteiger partial charge < -0.3 is 20.1 Å². The van der Waals surface area contributed by atoms with Crippen LogP contribution in [0.1, 0.15) is 17.5 Å². The van der Waals surface area contributed by atoms with E-state index in [1.807, 2.05) is 0 Å². The lowest BCUT2D eigenvalue weighted by Crippen LogP contribution is -2.56. The van der Waals surface area contributed by atoms with Gasteiger partial charge in [-0.25, -0.2) is 9.18 Å². The van der Waals surface area contributed by atoms with Gasteiger partial charge in [-0.05, 0) is 30.5 Å². The van der Waals surface area contributed by atoms with E-state index in [0.29, 0.717) is 0 Å². The highest BCUT2D eigenvalue weighted by molar-refractivity contribution is 5.78. The summed E-state index contributed by atoms with van der Waals surface area (Å²) < 4.78 is 13.1. The molecule has 0 bridgehead atoms. The lowest BCUT2D eigenvalue weighted by Gasteiger charge is -2.45. The van der Waals surface area contributed by atoms with E-state index in [-0.39, 0.29) is 56.2 Å². The fourth-order valence-electron chi connectivity index (χ4n) is 3.60. The highest BCUT2D eigenvalue weighted by Gasteiger charge is 2.43. The minimum Gasteiger partial charge on any atom is -0.396 e. The average Bonchev–Trinajstić information content (AvgIpc) is 2.67. The Kier molecular flexibility index (Phi) is 5.76. The van der Waals surface area contributed by atoms with Crippen LogP contribution in [0.5, 0.6) is 0 Å². The Morgan fingerprint density at radius 2 is 2.00 bits per heavy atom. The molecule has 2 aromatic rings. The van der Waals surface area contributed by atoms with Crippen LogP contribution < -0.4 is 11.2 Å². The molecule has 4 N–H and O–H groups in total. The number of aliphatic hydroxyl groups excluding tert-OH is 2. The lowest BCUT2D eigenvalue weighted by atomic mass is 9.73. The van der Waals surface area contributed by atoms with E-state index in [1.54, 1.807) is 12.1 Å². The predicted molar refractivity (Wildman–Crippen MR) is 98.2 cm³/mol. The number of H-pyrrole nitrogens is 2. The van der Waals surface area contributed by atoms with E-state index in [2.05, 4.69) is 9.97 Å². The van der Waals surface area contributed by atoms with E-state index in [0.717, 1.165) is 5.56 Å². The number of nitrogens with zero attached hydrogens (tertiary/aromatic N) is 1. The first-order chi connectivity index (χ1) is 13.3. The van der Waals surface area contributed by atoms with Gasteiger partial charge >= 0.3 is 5.69 Å². The monoisotopic (exact) mass is 391 g/mol. The van der Waals surface area contributed by atoms with Crippen LogP contribution in [0.4, 0.5) is 4.39 Å². The molecule has 0 spiro atoms. The Labute approximate surface area is 159 Å². The molecule has 2 atom stereocenters. The van der Waals surface area contributed by atoms with Gasteiger partial charge in [-0.15, -0.1) is 0 Å². The molecule has 1 fully saturated rings. The number of hydrogen-bond acceptors (Lipinski definition) is 5. The first-order valence-corrected chi connectivity index (χ1v) is 8.95. The van der Waals surface area contributed by atoms with Gasteiger partial charge in [0.15, 0.2) is 0 Å². The van der Waals surface area contributed by atoms with Gasteiger partial charge in [0, 0.05) is 30.3 Å². The summed E-state index contributed by atoms with van der Waals surface area (Å²) in [5.74, 6) is -0.727. The van der Waals surface area contributed by atoms with Crippen molar-refractivity contribution in [2.75, 3.05) is 19.7 Å². The summed E-state index contributed by atoms with van der Waals surface area (Å²) in [5, 5.41) is 20.6. The Balaban J connectivity index is 1.77. The molecule has 0 unspecified atom stereocenters. The molecular formula is C19H22FN3O5. The molecule has 2 heterocycles. The first-order valence-electron chi connectivity index (χ1n) is 8.95. The molecule has 1 saturated heterocycles. The van der Waals surface area contributed by atoms with Gasteiger partial charge in [0.25, 0.3) is 5.56 Å². The SMILES string of the molecule is O=C(Cc1c[nH]c(=O)[nH]c1=O)N1CC[C@H](O)[C@@](CO)(Cc2ccc(F)cc2)C1. The third-order valence-electron chi connectivity index (χ3n) is 5.26. The summed E-state index contributed by atoms with van der Waals surface area (Å²) in [6.07, 6.45) is 0.711. The number of halogens is 1. The number of nitrogens with one attached hydrogen (secondary N) is 2. The molecule has 8 nitrogen and oxygen atoms in total. The smallest absolute Gasteiger partial charge is 0.325 e. The summed E-state index contributed by atoms with van der Waals surface area (Å²) in [6, 6.07) is 5.78. The predicted octanol–water partition coefficient (Wildman–Crippen LogP) is -0.441. The number of aromatic amines is 2. The lowest BCUT2D eigenvalue weighted by molar-refractivity contribution is -0.141. The van der Waals surface area contributed by atoms with Gasteiger partial charge in [-0.3, -0.25) is 14.6 Å². The quantitative estimate of drug-likeness (QED) is 0.550. The van der Waals surface area contributed by atoms with Crippen LogP contribution in [0.3, 0.4) is 0 Å². The summed E-state index contributed by atoms with van der Waals surface area (Å²) in [5.41, 5.74) is -1.40. The molecule has 9 heteroatoms. The molecule has 150 valence electrons. The second kappa shape index (κ2) is 8.07. The number of carbonyl (C=O) groups excluding carboxylic acids is 1. The van der Waals surface area contributed by atoms with Crippen LogP contribution in [0.15, 0.2) is 40.1 Å². The maximum atomic E-state index is 13.1. The van der Waals surface area contributed by atoms with Crippen molar-refractivity contribution in [2.24, 2.45) is 5.41 Å². The van der Waals surface area contributed by atoms with E-state index in [1.165, 1.54) is 23.2 Å². The highest BCUT2D eigenvalue weighted by atomic mass is 19.1. The standard InChI is InChI=1S/C19H22FN3O5/c20-14-3-1-12(2-4-14)8-19(11-24)10-23(6-5-15(19)25)16(26)7-13-9-21-18(28)22-17(13)27/h1-4,9,15,24-25H,5-8,10-11H2,(H2,21,22,27,28)/t15-,19-/m0/s1. The van der Waals surface area contributed by atoms with Crippen LogP contribution in [0.25, 0.3) is 0 Å².